The lowest BCUT2D eigenvalue weighted by molar-refractivity contribution is 0.0939. The Morgan fingerprint density at radius 1 is 1.20 bits per heavy atom. The Morgan fingerprint density at radius 2 is 1.85 bits per heavy atom. The molecule has 0 aliphatic rings. The number of rotatable bonds is 3. The SMILES string of the molecule is Cc1cccc(C(=O)N[C@@H](C)c2ccc(Br)cc2)c1I. The van der Waals surface area contributed by atoms with Crippen LogP contribution in [-0.2, 0) is 0 Å². The molecule has 2 aromatic carbocycles. The molecule has 0 saturated heterocycles. The fraction of sp³-hybridized carbons (Fsp3) is 0.188. The van der Waals surface area contributed by atoms with E-state index < -0.39 is 0 Å². The summed E-state index contributed by atoms with van der Waals surface area (Å²) in [5, 5.41) is 3.04. The standard InChI is InChI=1S/C16H15BrINO/c1-10-4-3-5-14(15(10)18)16(20)19-11(2)12-6-8-13(17)9-7-12/h3-9,11H,1-2H3,(H,19,20)/t11-/m0/s1. The first-order valence-corrected chi connectivity index (χ1v) is 8.17. The molecule has 104 valence electrons. The maximum Gasteiger partial charge on any atom is 0.252 e. The Morgan fingerprint density at radius 3 is 2.50 bits per heavy atom. The highest BCUT2D eigenvalue weighted by Crippen LogP contribution is 2.20. The van der Waals surface area contributed by atoms with Gasteiger partial charge >= 0.3 is 0 Å². The van der Waals surface area contributed by atoms with Crippen LogP contribution in [0.15, 0.2) is 46.9 Å². The highest BCUT2D eigenvalue weighted by Gasteiger charge is 2.14. The minimum Gasteiger partial charge on any atom is -0.345 e. The lowest BCUT2D eigenvalue weighted by Crippen LogP contribution is -2.27. The summed E-state index contributed by atoms with van der Waals surface area (Å²) >= 11 is 5.63. The molecular formula is C16H15BrINO. The van der Waals surface area contributed by atoms with Crippen molar-refractivity contribution in [2.24, 2.45) is 0 Å². The zero-order valence-corrected chi connectivity index (χ0v) is 15.0. The number of benzene rings is 2. The van der Waals surface area contributed by atoms with Crippen molar-refractivity contribution in [1.82, 2.24) is 5.32 Å². The molecule has 4 heteroatoms. The van der Waals surface area contributed by atoms with Crippen LogP contribution in [0.3, 0.4) is 0 Å². The van der Waals surface area contributed by atoms with E-state index in [1.54, 1.807) is 0 Å². The Hall–Kier alpha value is -0.880. The smallest absolute Gasteiger partial charge is 0.252 e. The molecule has 0 fully saturated rings. The predicted molar refractivity (Wildman–Crippen MR) is 93.9 cm³/mol. The highest BCUT2D eigenvalue weighted by molar-refractivity contribution is 14.1. The molecule has 0 spiro atoms. The number of hydrogen-bond acceptors (Lipinski definition) is 1. The maximum atomic E-state index is 12.3. The van der Waals surface area contributed by atoms with E-state index in [1.807, 2.05) is 56.3 Å². The van der Waals surface area contributed by atoms with E-state index >= 15 is 0 Å². The van der Waals surface area contributed by atoms with Gasteiger partial charge in [0.05, 0.1) is 11.6 Å². The maximum absolute atomic E-state index is 12.3. The van der Waals surface area contributed by atoms with E-state index in [0.29, 0.717) is 0 Å². The first kappa shape index (κ1) is 15.5. The molecule has 1 atom stereocenters. The van der Waals surface area contributed by atoms with E-state index in [-0.39, 0.29) is 11.9 Å². The molecule has 0 bridgehead atoms. The van der Waals surface area contributed by atoms with Gasteiger partial charge in [-0.3, -0.25) is 4.79 Å². The summed E-state index contributed by atoms with van der Waals surface area (Å²) < 4.78 is 2.04. The number of carbonyl (C=O) groups excluding carboxylic acids is 1. The van der Waals surface area contributed by atoms with Gasteiger partial charge in [-0.05, 0) is 65.8 Å². The average molecular weight is 444 g/mol. The molecule has 0 aliphatic carbocycles. The third-order valence-corrected chi connectivity index (χ3v) is 5.11. The van der Waals surface area contributed by atoms with E-state index in [9.17, 15) is 4.79 Å². The minimum absolute atomic E-state index is 0.0214. The molecule has 0 aliphatic heterocycles. The number of aryl methyl sites for hydroxylation is 1. The van der Waals surface area contributed by atoms with Crippen LogP contribution < -0.4 is 5.32 Å². The molecule has 1 N–H and O–H groups in total. The van der Waals surface area contributed by atoms with Gasteiger partial charge in [-0.25, -0.2) is 0 Å². The Kier molecular flexibility index (Phi) is 5.21. The van der Waals surface area contributed by atoms with Crippen molar-refractivity contribution in [3.05, 3.63) is 67.2 Å². The molecular weight excluding hydrogens is 429 g/mol. The van der Waals surface area contributed by atoms with Crippen molar-refractivity contribution in [3.63, 3.8) is 0 Å². The zero-order chi connectivity index (χ0) is 14.7. The van der Waals surface area contributed by atoms with Crippen molar-refractivity contribution < 1.29 is 4.79 Å². The first-order valence-electron chi connectivity index (χ1n) is 6.30. The Balaban J connectivity index is 2.15. The number of carbonyl (C=O) groups is 1. The number of hydrogen-bond donors (Lipinski definition) is 1. The lowest BCUT2D eigenvalue weighted by Gasteiger charge is -2.15. The van der Waals surface area contributed by atoms with Crippen molar-refractivity contribution in [1.29, 1.82) is 0 Å². The van der Waals surface area contributed by atoms with Crippen molar-refractivity contribution in [3.8, 4) is 0 Å². The molecule has 2 rings (SSSR count). The van der Waals surface area contributed by atoms with Crippen LogP contribution in [0.4, 0.5) is 0 Å². The van der Waals surface area contributed by atoms with E-state index in [4.69, 9.17) is 0 Å². The van der Waals surface area contributed by atoms with Crippen molar-refractivity contribution in [2.45, 2.75) is 19.9 Å². The number of nitrogens with one attached hydrogen (secondary N) is 1. The molecule has 0 aromatic heterocycles. The fourth-order valence-corrected chi connectivity index (χ4v) is 2.80. The normalized spacial score (nSPS) is 12.0. The number of halogens is 2. The zero-order valence-electron chi connectivity index (χ0n) is 11.3. The summed E-state index contributed by atoms with van der Waals surface area (Å²) in [6.45, 7) is 4.00. The van der Waals surface area contributed by atoms with Gasteiger partial charge in [0.2, 0.25) is 0 Å². The average Bonchev–Trinajstić information content (AvgIpc) is 2.42. The summed E-state index contributed by atoms with van der Waals surface area (Å²) in [4.78, 5) is 12.3. The van der Waals surface area contributed by atoms with E-state index in [0.717, 1.165) is 24.7 Å². The largest absolute Gasteiger partial charge is 0.345 e. The van der Waals surface area contributed by atoms with Gasteiger partial charge in [0.25, 0.3) is 5.91 Å². The van der Waals surface area contributed by atoms with Gasteiger partial charge < -0.3 is 5.32 Å². The summed E-state index contributed by atoms with van der Waals surface area (Å²) in [6.07, 6.45) is 0. The third-order valence-electron chi connectivity index (χ3n) is 3.15. The molecule has 1 amide bonds. The first-order chi connectivity index (χ1) is 9.49. The van der Waals surface area contributed by atoms with Crippen LogP contribution in [0.5, 0.6) is 0 Å². The molecule has 2 aromatic rings. The second-order valence-corrected chi connectivity index (χ2v) is 6.68. The van der Waals surface area contributed by atoms with Gasteiger partial charge in [-0.1, -0.05) is 40.2 Å². The topological polar surface area (TPSA) is 29.1 Å². The predicted octanol–water partition coefficient (Wildman–Crippen LogP) is 4.85. The van der Waals surface area contributed by atoms with Gasteiger partial charge in [-0.2, -0.15) is 0 Å². The fourth-order valence-electron chi connectivity index (χ4n) is 1.93. The Labute approximate surface area is 141 Å². The lowest BCUT2D eigenvalue weighted by atomic mass is 10.1. The molecule has 0 heterocycles. The minimum atomic E-state index is -0.0338. The van der Waals surface area contributed by atoms with Crippen LogP contribution in [0.2, 0.25) is 0 Å². The van der Waals surface area contributed by atoms with Gasteiger partial charge in [0.15, 0.2) is 0 Å². The molecule has 0 unspecified atom stereocenters. The van der Waals surface area contributed by atoms with Crippen LogP contribution in [0.25, 0.3) is 0 Å². The quantitative estimate of drug-likeness (QED) is 0.674. The second kappa shape index (κ2) is 6.72. The van der Waals surface area contributed by atoms with Gasteiger partial charge in [0.1, 0.15) is 0 Å². The summed E-state index contributed by atoms with van der Waals surface area (Å²) in [5.74, 6) is -0.0338. The van der Waals surface area contributed by atoms with Crippen molar-refractivity contribution in [2.75, 3.05) is 0 Å². The number of amides is 1. The molecule has 0 radical (unpaired) electrons. The van der Waals surface area contributed by atoms with Crippen LogP contribution in [0, 0.1) is 10.5 Å². The van der Waals surface area contributed by atoms with Crippen molar-refractivity contribution >= 4 is 44.4 Å². The van der Waals surface area contributed by atoms with Crippen LogP contribution in [0.1, 0.15) is 34.5 Å². The molecule has 0 saturated carbocycles. The summed E-state index contributed by atoms with van der Waals surface area (Å²) in [7, 11) is 0. The monoisotopic (exact) mass is 443 g/mol. The van der Waals surface area contributed by atoms with E-state index in [1.165, 1.54) is 0 Å². The second-order valence-electron chi connectivity index (χ2n) is 4.68. The Bertz CT molecular complexity index is 625. The summed E-state index contributed by atoms with van der Waals surface area (Å²) in [6, 6.07) is 13.7. The third kappa shape index (κ3) is 3.61. The molecule has 2 nitrogen and oxygen atoms in total. The van der Waals surface area contributed by atoms with Gasteiger partial charge in [-0.15, -0.1) is 0 Å². The molecule has 20 heavy (non-hydrogen) atoms. The van der Waals surface area contributed by atoms with Crippen LogP contribution >= 0.6 is 38.5 Å². The van der Waals surface area contributed by atoms with E-state index in [2.05, 4.69) is 43.8 Å². The van der Waals surface area contributed by atoms with Gasteiger partial charge in [0, 0.05) is 8.04 Å². The van der Waals surface area contributed by atoms with Crippen LogP contribution in [-0.4, -0.2) is 5.91 Å². The highest BCUT2D eigenvalue weighted by atomic mass is 127. The summed E-state index contributed by atoms with van der Waals surface area (Å²) in [5.41, 5.74) is 2.94.